The summed E-state index contributed by atoms with van der Waals surface area (Å²) in [5.41, 5.74) is 0.590. The number of amides is 1. The number of hydrogen-bond acceptors (Lipinski definition) is 3. The fourth-order valence-electron chi connectivity index (χ4n) is 1.23. The summed E-state index contributed by atoms with van der Waals surface area (Å²) in [7, 11) is 0. The van der Waals surface area contributed by atoms with E-state index in [1.165, 1.54) is 12.5 Å². The van der Waals surface area contributed by atoms with Gasteiger partial charge < -0.3 is 15.1 Å². The predicted octanol–water partition coefficient (Wildman–Crippen LogP) is 0.229. The van der Waals surface area contributed by atoms with Crippen molar-refractivity contribution in [1.29, 1.82) is 0 Å². The van der Waals surface area contributed by atoms with Crippen molar-refractivity contribution in [1.82, 2.24) is 10.6 Å². The zero-order valence-corrected chi connectivity index (χ0v) is 7.25. The summed E-state index contributed by atoms with van der Waals surface area (Å²) in [5.74, 6) is 0.538. The van der Waals surface area contributed by atoms with Crippen LogP contribution >= 0.6 is 0 Å². The third-order valence-electron chi connectivity index (χ3n) is 2.20. The molecule has 2 heterocycles. The normalized spacial score (nSPS) is 16.6. The Kier molecular flexibility index (Phi) is 2.31. The van der Waals surface area contributed by atoms with Crippen LogP contribution in [-0.4, -0.2) is 25.5 Å². The quantitative estimate of drug-likeness (QED) is 0.700. The van der Waals surface area contributed by atoms with E-state index >= 15 is 0 Å². The topological polar surface area (TPSA) is 54.3 Å². The lowest BCUT2D eigenvalue weighted by molar-refractivity contribution is 0.0941. The van der Waals surface area contributed by atoms with Crippen molar-refractivity contribution in [2.75, 3.05) is 19.6 Å². The van der Waals surface area contributed by atoms with Gasteiger partial charge in [0.15, 0.2) is 0 Å². The standard InChI is InChI=1S/C9H12N2O2/c12-9(8-1-2-13-6-8)11-5-7-3-10-4-7/h1-2,6-7,10H,3-5H2,(H,11,12). The highest BCUT2D eigenvalue weighted by Gasteiger charge is 2.17. The maximum atomic E-state index is 11.4. The first-order chi connectivity index (χ1) is 6.36. The minimum absolute atomic E-state index is 0.0550. The van der Waals surface area contributed by atoms with E-state index in [1.807, 2.05) is 0 Å². The van der Waals surface area contributed by atoms with Crippen molar-refractivity contribution in [3.63, 3.8) is 0 Å². The Morgan fingerprint density at radius 1 is 1.69 bits per heavy atom. The van der Waals surface area contributed by atoms with Crippen molar-refractivity contribution in [2.45, 2.75) is 0 Å². The van der Waals surface area contributed by atoms with Crippen LogP contribution in [0.15, 0.2) is 23.0 Å². The van der Waals surface area contributed by atoms with E-state index in [4.69, 9.17) is 4.42 Å². The van der Waals surface area contributed by atoms with Crippen molar-refractivity contribution in [3.8, 4) is 0 Å². The van der Waals surface area contributed by atoms with Gasteiger partial charge in [-0.25, -0.2) is 0 Å². The Morgan fingerprint density at radius 3 is 3.08 bits per heavy atom. The number of nitrogens with one attached hydrogen (secondary N) is 2. The van der Waals surface area contributed by atoms with E-state index in [1.54, 1.807) is 6.07 Å². The zero-order valence-electron chi connectivity index (χ0n) is 7.25. The van der Waals surface area contributed by atoms with Crippen LogP contribution in [0.5, 0.6) is 0 Å². The molecule has 2 rings (SSSR count). The third-order valence-corrected chi connectivity index (χ3v) is 2.20. The van der Waals surface area contributed by atoms with E-state index in [0.29, 0.717) is 11.5 Å². The molecular weight excluding hydrogens is 168 g/mol. The second kappa shape index (κ2) is 3.62. The summed E-state index contributed by atoms with van der Waals surface area (Å²) in [4.78, 5) is 11.4. The first kappa shape index (κ1) is 8.31. The molecule has 0 aliphatic carbocycles. The molecule has 1 saturated heterocycles. The lowest BCUT2D eigenvalue weighted by atomic mass is 10.0. The molecule has 0 atom stereocenters. The van der Waals surface area contributed by atoms with Crippen molar-refractivity contribution in [3.05, 3.63) is 24.2 Å². The second-order valence-electron chi connectivity index (χ2n) is 3.25. The molecule has 2 N–H and O–H groups in total. The van der Waals surface area contributed by atoms with Gasteiger partial charge in [-0.15, -0.1) is 0 Å². The van der Waals surface area contributed by atoms with Crippen molar-refractivity contribution in [2.24, 2.45) is 5.92 Å². The van der Waals surface area contributed by atoms with Crippen molar-refractivity contribution < 1.29 is 9.21 Å². The minimum atomic E-state index is -0.0550. The Balaban J connectivity index is 1.78. The molecule has 1 fully saturated rings. The van der Waals surface area contributed by atoms with Crippen LogP contribution in [-0.2, 0) is 0 Å². The monoisotopic (exact) mass is 180 g/mol. The third kappa shape index (κ3) is 1.89. The fraction of sp³-hybridized carbons (Fsp3) is 0.444. The van der Waals surface area contributed by atoms with Crippen LogP contribution in [0, 0.1) is 5.92 Å². The summed E-state index contributed by atoms with van der Waals surface area (Å²) < 4.78 is 4.81. The molecule has 0 radical (unpaired) electrons. The zero-order chi connectivity index (χ0) is 9.10. The van der Waals surface area contributed by atoms with E-state index in [0.717, 1.165) is 19.6 Å². The van der Waals surface area contributed by atoms with E-state index in [-0.39, 0.29) is 5.91 Å². The minimum Gasteiger partial charge on any atom is -0.472 e. The van der Waals surface area contributed by atoms with Gasteiger partial charge in [-0.1, -0.05) is 0 Å². The molecule has 1 aromatic rings. The molecule has 13 heavy (non-hydrogen) atoms. The Hall–Kier alpha value is -1.29. The predicted molar refractivity (Wildman–Crippen MR) is 47.4 cm³/mol. The van der Waals surface area contributed by atoms with Gasteiger partial charge in [0.25, 0.3) is 5.91 Å². The second-order valence-corrected chi connectivity index (χ2v) is 3.25. The van der Waals surface area contributed by atoms with Gasteiger partial charge in [0.1, 0.15) is 6.26 Å². The molecule has 4 nitrogen and oxygen atoms in total. The molecule has 1 aromatic heterocycles. The van der Waals surface area contributed by atoms with Crippen LogP contribution < -0.4 is 10.6 Å². The molecule has 0 spiro atoms. The number of carbonyl (C=O) groups excluding carboxylic acids is 1. The molecule has 70 valence electrons. The largest absolute Gasteiger partial charge is 0.472 e. The van der Waals surface area contributed by atoms with Gasteiger partial charge in [0.2, 0.25) is 0 Å². The average molecular weight is 180 g/mol. The summed E-state index contributed by atoms with van der Waals surface area (Å²) in [6.07, 6.45) is 2.95. The molecule has 4 heteroatoms. The fourth-order valence-corrected chi connectivity index (χ4v) is 1.23. The molecular formula is C9H12N2O2. The highest BCUT2D eigenvalue weighted by atomic mass is 16.3. The van der Waals surface area contributed by atoms with Gasteiger partial charge in [0.05, 0.1) is 11.8 Å². The summed E-state index contributed by atoms with van der Waals surface area (Å²) in [5, 5.41) is 6.00. The summed E-state index contributed by atoms with van der Waals surface area (Å²) >= 11 is 0. The Bertz CT molecular complexity index is 278. The Morgan fingerprint density at radius 2 is 2.54 bits per heavy atom. The van der Waals surface area contributed by atoms with Gasteiger partial charge in [-0.05, 0) is 6.07 Å². The molecule has 0 unspecified atom stereocenters. The Labute approximate surface area is 76.3 Å². The lowest BCUT2D eigenvalue weighted by Crippen LogP contribution is -2.48. The van der Waals surface area contributed by atoms with Crippen LogP contribution in [0.25, 0.3) is 0 Å². The average Bonchev–Trinajstić information content (AvgIpc) is 2.52. The maximum Gasteiger partial charge on any atom is 0.254 e. The highest BCUT2D eigenvalue weighted by Crippen LogP contribution is 2.02. The maximum absolute atomic E-state index is 11.4. The van der Waals surface area contributed by atoms with Gasteiger partial charge in [0, 0.05) is 25.6 Å². The van der Waals surface area contributed by atoms with Crippen LogP contribution in [0.2, 0.25) is 0 Å². The van der Waals surface area contributed by atoms with Crippen LogP contribution in [0.1, 0.15) is 10.4 Å². The van der Waals surface area contributed by atoms with Crippen LogP contribution in [0.3, 0.4) is 0 Å². The number of carbonyl (C=O) groups is 1. The van der Waals surface area contributed by atoms with Gasteiger partial charge >= 0.3 is 0 Å². The number of furan rings is 1. The molecule has 1 amide bonds. The summed E-state index contributed by atoms with van der Waals surface area (Å²) in [6, 6.07) is 1.66. The van der Waals surface area contributed by atoms with Gasteiger partial charge in [-0.3, -0.25) is 4.79 Å². The SMILES string of the molecule is O=C(NCC1CNC1)c1ccoc1. The summed E-state index contributed by atoms with van der Waals surface area (Å²) in [6.45, 7) is 2.76. The molecule has 0 aromatic carbocycles. The van der Waals surface area contributed by atoms with Crippen LogP contribution in [0.4, 0.5) is 0 Å². The number of rotatable bonds is 3. The molecule has 1 aliphatic heterocycles. The van der Waals surface area contributed by atoms with Gasteiger partial charge in [-0.2, -0.15) is 0 Å². The van der Waals surface area contributed by atoms with E-state index in [9.17, 15) is 4.79 Å². The molecule has 1 aliphatic rings. The first-order valence-corrected chi connectivity index (χ1v) is 4.37. The smallest absolute Gasteiger partial charge is 0.254 e. The molecule has 0 bridgehead atoms. The van der Waals surface area contributed by atoms with Crippen molar-refractivity contribution >= 4 is 5.91 Å². The molecule has 0 saturated carbocycles. The number of hydrogen-bond donors (Lipinski definition) is 2. The first-order valence-electron chi connectivity index (χ1n) is 4.37. The lowest BCUT2D eigenvalue weighted by Gasteiger charge is -2.26. The van der Waals surface area contributed by atoms with E-state index < -0.39 is 0 Å². The highest BCUT2D eigenvalue weighted by molar-refractivity contribution is 5.93. The van der Waals surface area contributed by atoms with E-state index in [2.05, 4.69) is 10.6 Å².